The van der Waals surface area contributed by atoms with Crippen LogP contribution in [-0.2, 0) is 17.9 Å². The van der Waals surface area contributed by atoms with Gasteiger partial charge in [-0.1, -0.05) is 38.2 Å². The number of carbonyl (C=O) groups is 2. The molecule has 7 heteroatoms. The molecule has 0 aromatic carbocycles. The molecule has 2 amide bonds. The first-order chi connectivity index (χ1) is 16.6. The predicted octanol–water partition coefficient (Wildman–Crippen LogP) is 4.79. The first-order valence-corrected chi connectivity index (χ1v) is 12.3. The molecule has 0 radical (unpaired) electrons. The second-order valence-electron chi connectivity index (χ2n) is 9.71. The van der Waals surface area contributed by atoms with E-state index in [2.05, 4.69) is 10.3 Å². The van der Waals surface area contributed by atoms with E-state index < -0.39 is 5.54 Å². The number of rotatable bonds is 5. The van der Waals surface area contributed by atoms with Crippen molar-refractivity contribution in [1.29, 1.82) is 0 Å². The van der Waals surface area contributed by atoms with Crippen molar-refractivity contribution in [2.45, 2.75) is 76.5 Å². The highest BCUT2D eigenvalue weighted by Crippen LogP contribution is 2.34. The number of pyridine rings is 1. The fourth-order valence-electron chi connectivity index (χ4n) is 5.28. The third-order valence-electron chi connectivity index (χ3n) is 7.27. The number of hydrogen-bond donors (Lipinski definition) is 1. The Morgan fingerprint density at radius 3 is 2.56 bits per heavy atom. The normalized spacial score (nSPS) is 21.6. The van der Waals surface area contributed by atoms with Gasteiger partial charge in [-0.15, -0.1) is 0 Å². The molecular formula is C27H32N4O3. The number of nitrogens with one attached hydrogen (secondary N) is 1. The summed E-state index contributed by atoms with van der Waals surface area (Å²) in [6.07, 6.45) is 13.0. The van der Waals surface area contributed by atoms with Crippen LogP contribution < -0.4 is 5.32 Å². The summed E-state index contributed by atoms with van der Waals surface area (Å²) in [7, 11) is 0. The Bertz CT molecular complexity index is 1130. The van der Waals surface area contributed by atoms with Gasteiger partial charge in [0.15, 0.2) is 0 Å². The van der Waals surface area contributed by atoms with Gasteiger partial charge in [0.25, 0.3) is 5.91 Å². The number of fused-ring (bicyclic) bond motifs is 1. The van der Waals surface area contributed by atoms with Crippen LogP contribution in [0.2, 0.25) is 0 Å². The lowest BCUT2D eigenvalue weighted by atomic mass is 9.91. The van der Waals surface area contributed by atoms with Crippen LogP contribution in [0.3, 0.4) is 0 Å². The van der Waals surface area contributed by atoms with Gasteiger partial charge in [-0.2, -0.15) is 0 Å². The Balaban J connectivity index is 1.49. The fraction of sp³-hybridized carbons (Fsp3) is 0.444. The van der Waals surface area contributed by atoms with E-state index in [-0.39, 0.29) is 17.9 Å². The van der Waals surface area contributed by atoms with Crippen LogP contribution in [0.25, 0.3) is 11.5 Å². The summed E-state index contributed by atoms with van der Waals surface area (Å²) in [5.74, 6) is 0.422. The highest BCUT2D eigenvalue weighted by atomic mass is 16.3. The summed E-state index contributed by atoms with van der Waals surface area (Å²) in [6.45, 7) is 2.56. The van der Waals surface area contributed by atoms with Gasteiger partial charge in [-0.05, 0) is 55.7 Å². The standard InChI is InChI=1S/C27H32N4O3/c1-27(26(33)29-21-10-5-3-2-4-6-11-21)19-30-22(24-12-8-16-34-24)13-14-23(30)25(32)31(27)18-20-9-7-15-28-17-20/h7-9,12-17,21H,2-6,10-11,18-19H2,1H3,(H,29,33)/t27-/m1/s1. The lowest BCUT2D eigenvalue weighted by molar-refractivity contribution is -0.134. The quantitative estimate of drug-likeness (QED) is 0.594. The SMILES string of the molecule is C[C@]1(C(=O)NC2CCCCCCC2)Cn2c(ccc2-c2ccco2)C(=O)N1Cc1cccnc1. The molecule has 0 unspecified atom stereocenters. The average molecular weight is 461 g/mol. The van der Waals surface area contributed by atoms with Gasteiger partial charge < -0.3 is 19.2 Å². The Hall–Kier alpha value is -3.35. The van der Waals surface area contributed by atoms with Crippen molar-refractivity contribution >= 4 is 11.8 Å². The molecule has 1 atom stereocenters. The monoisotopic (exact) mass is 460 g/mol. The zero-order valence-corrected chi connectivity index (χ0v) is 19.7. The number of hydrogen-bond acceptors (Lipinski definition) is 4. The van der Waals surface area contributed by atoms with Crippen LogP contribution in [0.4, 0.5) is 0 Å². The predicted molar refractivity (Wildman–Crippen MR) is 129 cm³/mol. The van der Waals surface area contributed by atoms with Crippen LogP contribution in [-0.4, -0.2) is 37.8 Å². The van der Waals surface area contributed by atoms with E-state index in [0.29, 0.717) is 24.5 Å². The summed E-state index contributed by atoms with van der Waals surface area (Å²) >= 11 is 0. The van der Waals surface area contributed by atoms with E-state index in [9.17, 15) is 9.59 Å². The minimum atomic E-state index is -1.05. The van der Waals surface area contributed by atoms with Crippen LogP contribution in [0.5, 0.6) is 0 Å². The van der Waals surface area contributed by atoms with E-state index in [0.717, 1.165) is 36.9 Å². The number of carbonyl (C=O) groups excluding carboxylic acids is 2. The number of aromatic nitrogens is 2. The van der Waals surface area contributed by atoms with Crippen molar-refractivity contribution in [3.8, 4) is 11.5 Å². The van der Waals surface area contributed by atoms with Crippen LogP contribution in [0.1, 0.15) is 67.9 Å². The Morgan fingerprint density at radius 1 is 1.09 bits per heavy atom. The fourth-order valence-corrected chi connectivity index (χ4v) is 5.28. The second-order valence-corrected chi connectivity index (χ2v) is 9.71. The smallest absolute Gasteiger partial charge is 0.271 e. The van der Waals surface area contributed by atoms with E-state index >= 15 is 0 Å². The molecule has 0 spiro atoms. The maximum absolute atomic E-state index is 13.9. The molecule has 1 fully saturated rings. The van der Waals surface area contributed by atoms with E-state index in [4.69, 9.17) is 4.42 Å². The van der Waals surface area contributed by atoms with E-state index in [1.807, 2.05) is 47.9 Å². The lowest BCUT2D eigenvalue weighted by Crippen LogP contribution is -2.64. The molecule has 178 valence electrons. The van der Waals surface area contributed by atoms with Crippen LogP contribution in [0, 0.1) is 0 Å². The largest absolute Gasteiger partial charge is 0.463 e. The third-order valence-corrected chi connectivity index (χ3v) is 7.27. The topological polar surface area (TPSA) is 80.4 Å². The molecule has 1 N–H and O–H groups in total. The highest BCUT2D eigenvalue weighted by molar-refractivity contribution is 6.00. The summed E-state index contributed by atoms with van der Waals surface area (Å²) < 4.78 is 7.55. The summed E-state index contributed by atoms with van der Waals surface area (Å²) in [5, 5.41) is 3.33. The maximum atomic E-state index is 13.9. The molecule has 1 aliphatic carbocycles. The summed E-state index contributed by atoms with van der Waals surface area (Å²) in [6, 6.07) is 11.4. The zero-order chi connectivity index (χ0) is 23.5. The number of furan rings is 1. The second kappa shape index (κ2) is 9.49. The molecule has 5 rings (SSSR count). The first kappa shape index (κ1) is 22.4. The van der Waals surface area contributed by atoms with Crippen molar-refractivity contribution in [1.82, 2.24) is 19.8 Å². The molecule has 1 aliphatic heterocycles. The molecule has 2 aliphatic rings. The van der Waals surface area contributed by atoms with Crippen molar-refractivity contribution in [2.75, 3.05) is 0 Å². The van der Waals surface area contributed by atoms with Gasteiger partial charge in [0.1, 0.15) is 17.0 Å². The van der Waals surface area contributed by atoms with Crippen molar-refractivity contribution in [3.05, 3.63) is 66.3 Å². The van der Waals surface area contributed by atoms with Crippen molar-refractivity contribution in [2.24, 2.45) is 0 Å². The minimum absolute atomic E-state index is 0.0972. The van der Waals surface area contributed by atoms with Crippen LogP contribution in [0.15, 0.2) is 59.5 Å². The highest BCUT2D eigenvalue weighted by Gasteiger charge is 2.48. The van der Waals surface area contributed by atoms with Gasteiger partial charge >= 0.3 is 0 Å². The molecule has 0 saturated heterocycles. The van der Waals surface area contributed by atoms with Gasteiger partial charge in [-0.3, -0.25) is 14.6 Å². The Labute approximate surface area is 200 Å². The Kier molecular flexibility index (Phi) is 6.26. The molecule has 3 aromatic rings. The number of amides is 2. The lowest BCUT2D eigenvalue weighted by Gasteiger charge is -2.45. The molecule has 7 nitrogen and oxygen atoms in total. The van der Waals surface area contributed by atoms with E-state index in [1.165, 1.54) is 19.3 Å². The van der Waals surface area contributed by atoms with Crippen LogP contribution >= 0.6 is 0 Å². The van der Waals surface area contributed by atoms with Gasteiger partial charge in [0, 0.05) is 25.0 Å². The summed E-state index contributed by atoms with van der Waals surface area (Å²) in [5.41, 5.74) is 1.21. The molecule has 3 aromatic heterocycles. The zero-order valence-electron chi connectivity index (χ0n) is 19.7. The van der Waals surface area contributed by atoms with E-state index in [1.54, 1.807) is 23.6 Å². The van der Waals surface area contributed by atoms with Gasteiger partial charge in [-0.25, -0.2) is 0 Å². The molecule has 4 heterocycles. The molecule has 0 bridgehead atoms. The minimum Gasteiger partial charge on any atom is -0.463 e. The molecule has 1 saturated carbocycles. The molecular weight excluding hydrogens is 428 g/mol. The van der Waals surface area contributed by atoms with Crippen molar-refractivity contribution in [3.63, 3.8) is 0 Å². The average Bonchev–Trinajstić information content (AvgIpc) is 3.49. The third kappa shape index (κ3) is 4.27. The first-order valence-electron chi connectivity index (χ1n) is 12.3. The van der Waals surface area contributed by atoms with Gasteiger partial charge in [0.05, 0.1) is 18.5 Å². The maximum Gasteiger partial charge on any atom is 0.271 e. The van der Waals surface area contributed by atoms with Gasteiger partial charge in [0.2, 0.25) is 5.91 Å². The number of nitrogens with zero attached hydrogens (tertiary/aromatic N) is 3. The summed E-state index contributed by atoms with van der Waals surface area (Å²) in [4.78, 5) is 33.6. The molecule has 34 heavy (non-hydrogen) atoms. The van der Waals surface area contributed by atoms with Crippen molar-refractivity contribution < 1.29 is 14.0 Å². The Morgan fingerprint density at radius 2 is 1.85 bits per heavy atom.